The number of rotatable bonds is 4. The van der Waals surface area contributed by atoms with Crippen molar-refractivity contribution < 1.29 is 9.90 Å². The van der Waals surface area contributed by atoms with Crippen molar-refractivity contribution in [2.75, 3.05) is 5.32 Å². The van der Waals surface area contributed by atoms with E-state index in [9.17, 15) is 9.90 Å². The number of aliphatic hydroxyl groups excluding tert-OH is 1. The third-order valence-corrected chi connectivity index (χ3v) is 3.72. The number of carbonyl (C=O) groups excluding carboxylic acids is 1. The molecule has 20 heavy (non-hydrogen) atoms. The Morgan fingerprint density at radius 2 is 2.25 bits per heavy atom. The Hall–Kier alpha value is -2.18. The number of anilines is 1. The summed E-state index contributed by atoms with van der Waals surface area (Å²) in [5, 5.41) is 14.0. The molecule has 0 spiro atoms. The van der Waals surface area contributed by atoms with Gasteiger partial charge in [0, 0.05) is 29.0 Å². The van der Waals surface area contributed by atoms with Crippen LogP contribution in [0.25, 0.3) is 4.96 Å². The molecule has 0 radical (unpaired) electrons. The number of aromatic nitrogens is 2. The van der Waals surface area contributed by atoms with E-state index in [1.54, 1.807) is 12.1 Å². The molecule has 0 aliphatic heterocycles. The Morgan fingerprint density at radius 3 is 3.05 bits per heavy atom. The first-order valence-electron chi connectivity index (χ1n) is 6.16. The molecule has 0 atom stereocenters. The number of hydrogen-bond acceptors (Lipinski definition) is 4. The summed E-state index contributed by atoms with van der Waals surface area (Å²) in [6.07, 6.45) is 3.98. The molecule has 0 saturated heterocycles. The molecule has 1 aromatic carbocycles. The van der Waals surface area contributed by atoms with Crippen LogP contribution in [-0.4, -0.2) is 20.4 Å². The van der Waals surface area contributed by atoms with Gasteiger partial charge in [0.2, 0.25) is 5.91 Å². The summed E-state index contributed by atoms with van der Waals surface area (Å²) in [5.41, 5.74) is 2.07. The van der Waals surface area contributed by atoms with Crippen LogP contribution in [0.5, 0.6) is 0 Å². The van der Waals surface area contributed by atoms with E-state index in [2.05, 4.69) is 10.3 Å². The lowest BCUT2D eigenvalue weighted by molar-refractivity contribution is -0.115. The van der Waals surface area contributed by atoms with Gasteiger partial charge >= 0.3 is 0 Å². The largest absolute Gasteiger partial charge is 0.392 e. The lowest BCUT2D eigenvalue weighted by Gasteiger charge is -2.08. The fourth-order valence-electron chi connectivity index (χ4n) is 2.00. The molecule has 1 amide bonds. The summed E-state index contributed by atoms with van der Waals surface area (Å²) in [7, 11) is 0. The van der Waals surface area contributed by atoms with E-state index in [0.717, 1.165) is 10.7 Å². The third kappa shape index (κ3) is 2.56. The maximum absolute atomic E-state index is 12.0. The van der Waals surface area contributed by atoms with Gasteiger partial charge in [-0.1, -0.05) is 18.2 Å². The van der Waals surface area contributed by atoms with Crippen LogP contribution in [0.1, 0.15) is 11.3 Å². The van der Waals surface area contributed by atoms with E-state index in [0.29, 0.717) is 11.3 Å². The van der Waals surface area contributed by atoms with Crippen LogP contribution in [-0.2, 0) is 17.8 Å². The Balaban J connectivity index is 1.72. The van der Waals surface area contributed by atoms with Crippen LogP contribution in [0.4, 0.5) is 5.69 Å². The maximum atomic E-state index is 12.0. The van der Waals surface area contributed by atoms with Crippen LogP contribution in [0.15, 0.2) is 42.0 Å². The number of hydrogen-bond donors (Lipinski definition) is 2. The minimum absolute atomic E-state index is 0.101. The van der Waals surface area contributed by atoms with E-state index in [-0.39, 0.29) is 18.9 Å². The second kappa shape index (κ2) is 5.44. The summed E-state index contributed by atoms with van der Waals surface area (Å²) in [5.74, 6) is -0.142. The normalized spacial score (nSPS) is 10.8. The topological polar surface area (TPSA) is 66.6 Å². The van der Waals surface area contributed by atoms with Crippen LogP contribution in [0, 0.1) is 0 Å². The molecule has 102 valence electrons. The van der Waals surface area contributed by atoms with Gasteiger partial charge in [0.05, 0.1) is 18.7 Å². The standard InChI is InChI=1S/C14H13N3O2S/c18-9-10-3-1-2-4-12(10)16-13(19)7-11-8-17-5-6-20-14(17)15-11/h1-6,8,18H,7,9H2,(H,16,19). The number of fused-ring (bicyclic) bond motifs is 1. The van der Waals surface area contributed by atoms with Gasteiger partial charge in [-0.05, 0) is 6.07 Å². The van der Waals surface area contributed by atoms with Crippen molar-refractivity contribution in [2.24, 2.45) is 0 Å². The van der Waals surface area contributed by atoms with Gasteiger partial charge in [-0.2, -0.15) is 0 Å². The molecule has 3 aromatic rings. The molecule has 6 heteroatoms. The van der Waals surface area contributed by atoms with Gasteiger partial charge in [-0.3, -0.25) is 9.20 Å². The van der Waals surface area contributed by atoms with Crippen molar-refractivity contribution in [3.63, 3.8) is 0 Å². The number of imidazole rings is 1. The highest BCUT2D eigenvalue weighted by atomic mass is 32.1. The average Bonchev–Trinajstić information content (AvgIpc) is 3.00. The highest BCUT2D eigenvalue weighted by molar-refractivity contribution is 7.15. The van der Waals surface area contributed by atoms with Crippen molar-refractivity contribution in [3.8, 4) is 0 Å². The zero-order valence-electron chi connectivity index (χ0n) is 10.6. The lowest BCUT2D eigenvalue weighted by Crippen LogP contribution is -2.15. The first-order valence-corrected chi connectivity index (χ1v) is 7.04. The number of benzene rings is 1. The Morgan fingerprint density at radius 1 is 1.40 bits per heavy atom. The number of carbonyl (C=O) groups is 1. The van der Waals surface area contributed by atoms with Crippen molar-refractivity contribution in [1.82, 2.24) is 9.38 Å². The molecule has 0 bridgehead atoms. The molecular formula is C14H13N3O2S. The van der Waals surface area contributed by atoms with E-state index in [4.69, 9.17) is 0 Å². The minimum atomic E-state index is -0.142. The van der Waals surface area contributed by atoms with Crippen molar-refractivity contribution in [1.29, 1.82) is 0 Å². The van der Waals surface area contributed by atoms with Crippen LogP contribution in [0.2, 0.25) is 0 Å². The smallest absolute Gasteiger partial charge is 0.230 e. The summed E-state index contributed by atoms with van der Waals surface area (Å²) >= 11 is 1.53. The zero-order valence-corrected chi connectivity index (χ0v) is 11.4. The molecule has 0 saturated carbocycles. The molecule has 0 aliphatic carbocycles. The van der Waals surface area contributed by atoms with Crippen LogP contribution in [0.3, 0.4) is 0 Å². The number of thiazole rings is 1. The first-order chi connectivity index (χ1) is 9.76. The molecule has 0 unspecified atom stereocenters. The highest BCUT2D eigenvalue weighted by Crippen LogP contribution is 2.16. The van der Waals surface area contributed by atoms with Gasteiger partial charge in [0.1, 0.15) is 0 Å². The molecule has 3 rings (SSSR count). The molecule has 2 heterocycles. The Bertz CT molecular complexity index is 719. The molecular weight excluding hydrogens is 274 g/mol. The predicted molar refractivity (Wildman–Crippen MR) is 77.8 cm³/mol. The average molecular weight is 287 g/mol. The third-order valence-electron chi connectivity index (χ3n) is 2.95. The van der Waals surface area contributed by atoms with Gasteiger partial charge in [0.15, 0.2) is 4.96 Å². The number of para-hydroxylation sites is 1. The van der Waals surface area contributed by atoms with Gasteiger partial charge < -0.3 is 10.4 Å². The molecule has 2 aromatic heterocycles. The second-order valence-corrected chi connectivity index (χ2v) is 5.24. The number of amides is 1. The highest BCUT2D eigenvalue weighted by Gasteiger charge is 2.10. The zero-order chi connectivity index (χ0) is 13.9. The molecule has 0 aliphatic rings. The summed E-state index contributed by atoms with van der Waals surface area (Å²) in [4.78, 5) is 17.3. The first kappa shape index (κ1) is 12.8. The monoisotopic (exact) mass is 287 g/mol. The fraction of sp³-hybridized carbons (Fsp3) is 0.143. The van der Waals surface area contributed by atoms with Crippen LogP contribution >= 0.6 is 11.3 Å². The maximum Gasteiger partial charge on any atom is 0.230 e. The van der Waals surface area contributed by atoms with E-state index >= 15 is 0 Å². The number of aliphatic hydroxyl groups is 1. The molecule has 2 N–H and O–H groups in total. The lowest BCUT2D eigenvalue weighted by atomic mass is 10.2. The van der Waals surface area contributed by atoms with E-state index in [1.165, 1.54) is 11.3 Å². The summed E-state index contributed by atoms with van der Waals surface area (Å²) < 4.78 is 1.90. The van der Waals surface area contributed by atoms with Gasteiger partial charge in [-0.25, -0.2) is 4.98 Å². The summed E-state index contributed by atoms with van der Waals surface area (Å²) in [6, 6.07) is 7.20. The van der Waals surface area contributed by atoms with E-state index < -0.39 is 0 Å². The second-order valence-electron chi connectivity index (χ2n) is 4.37. The SMILES string of the molecule is O=C(Cc1cn2ccsc2n1)Nc1ccccc1CO. The predicted octanol–water partition coefficient (Wildman–Crippen LogP) is 2.07. The van der Waals surface area contributed by atoms with Gasteiger partial charge in [0.25, 0.3) is 0 Å². The minimum Gasteiger partial charge on any atom is -0.392 e. The number of nitrogens with one attached hydrogen (secondary N) is 1. The van der Waals surface area contributed by atoms with Crippen LogP contribution < -0.4 is 5.32 Å². The number of nitrogens with zero attached hydrogens (tertiary/aromatic N) is 2. The van der Waals surface area contributed by atoms with Crippen molar-refractivity contribution in [3.05, 3.63) is 53.3 Å². The summed E-state index contributed by atoms with van der Waals surface area (Å²) in [6.45, 7) is -0.101. The Kier molecular flexibility index (Phi) is 3.49. The molecule has 0 fully saturated rings. The van der Waals surface area contributed by atoms with Crippen molar-refractivity contribution >= 4 is 27.9 Å². The van der Waals surface area contributed by atoms with E-state index in [1.807, 2.05) is 34.3 Å². The molecule has 5 nitrogen and oxygen atoms in total. The van der Waals surface area contributed by atoms with Gasteiger partial charge in [-0.15, -0.1) is 11.3 Å². The quantitative estimate of drug-likeness (QED) is 0.772. The Labute approximate surface area is 119 Å². The van der Waals surface area contributed by atoms with Crippen molar-refractivity contribution in [2.45, 2.75) is 13.0 Å². The fourth-order valence-corrected chi connectivity index (χ4v) is 2.72.